The highest BCUT2D eigenvalue weighted by Crippen LogP contribution is 2.32. The number of carbonyl (C=O) groups is 1. The molecule has 1 fully saturated rings. The van der Waals surface area contributed by atoms with Crippen LogP contribution in [-0.2, 0) is 17.5 Å². The smallest absolute Gasteiger partial charge is 0.382 e. The third-order valence-electron chi connectivity index (χ3n) is 5.93. The first-order valence-corrected chi connectivity index (χ1v) is 11.4. The van der Waals surface area contributed by atoms with Gasteiger partial charge in [-0.15, -0.1) is 0 Å². The van der Waals surface area contributed by atoms with E-state index in [0.717, 1.165) is 48.2 Å². The SMILES string of the molecule is Nc1ncnn2c(CN3CCOCC3)cc(-c3ccc(NC(=O)Nc4cc(C(F)(F)F)ccn4)cc3)c12. The molecule has 1 saturated heterocycles. The molecule has 4 N–H and O–H groups in total. The van der Waals surface area contributed by atoms with E-state index in [1.54, 1.807) is 28.8 Å². The number of anilines is 3. The topological polar surface area (TPSA) is 123 Å². The van der Waals surface area contributed by atoms with Crippen LogP contribution in [0.15, 0.2) is 55.0 Å². The van der Waals surface area contributed by atoms with E-state index in [0.29, 0.717) is 36.8 Å². The maximum Gasteiger partial charge on any atom is 0.416 e. The van der Waals surface area contributed by atoms with Gasteiger partial charge in [-0.3, -0.25) is 10.2 Å². The second-order valence-electron chi connectivity index (χ2n) is 8.43. The number of benzene rings is 1. The molecule has 0 saturated carbocycles. The zero-order valence-corrected chi connectivity index (χ0v) is 19.5. The molecule has 0 unspecified atom stereocenters. The van der Waals surface area contributed by atoms with Crippen LogP contribution >= 0.6 is 0 Å². The fraction of sp³-hybridized carbons (Fsp3) is 0.250. The number of morpholine rings is 1. The van der Waals surface area contributed by atoms with Gasteiger partial charge in [-0.05, 0) is 35.9 Å². The number of rotatable bonds is 5. The number of carbonyl (C=O) groups excluding carboxylic acids is 1. The van der Waals surface area contributed by atoms with Gasteiger partial charge in [0, 0.05) is 37.1 Å². The lowest BCUT2D eigenvalue weighted by atomic mass is 10.1. The second-order valence-corrected chi connectivity index (χ2v) is 8.43. The molecular weight excluding hydrogens is 489 g/mol. The average molecular weight is 512 g/mol. The Labute approximate surface area is 209 Å². The Hall–Kier alpha value is -4.23. The standard InChI is InChI=1S/C24H23F3N8O2/c25-24(26,27)16-5-6-29-20(11-16)33-23(36)32-17-3-1-15(2-4-17)19-12-18(13-34-7-9-37-10-8-34)35-21(19)22(28)30-14-31-35/h1-6,11-12,14H,7-10,13H2,(H2,28,30,31)(H2,29,32,33,36). The van der Waals surface area contributed by atoms with E-state index in [-0.39, 0.29) is 5.82 Å². The number of nitrogens with two attached hydrogens (primary N) is 1. The Kier molecular flexibility index (Phi) is 6.63. The van der Waals surface area contributed by atoms with Gasteiger partial charge in [-0.1, -0.05) is 12.1 Å². The maximum absolute atomic E-state index is 12.9. The Bertz CT molecular complexity index is 1420. The molecule has 0 bridgehead atoms. The first-order chi connectivity index (χ1) is 17.8. The van der Waals surface area contributed by atoms with Gasteiger partial charge < -0.3 is 15.8 Å². The van der Waals surface area contributed by atoms with Crippen molar-refractivity contribution in [1.29, 1.82) is 0 Å². The molecule has 0 atom stereocenters. The maximum atomic E-state index is 12.9. The zero-order valence-electron chi connectivity index (χ0n) is 19.5. The third kappa shape index (κ3) is 5.47. The molecule has 4 heterocycles. The number of urea groups is 1. The van der Waals surface area contributed by atoms with Gasteiger partial charge in [0.25, 0.3) is 0 Å². The summed E-state index contributed by atoms with van der Waals surface area (Å²) in [5, 5.41) is 9.30. The number of amides is 2. The van der Waals surface area contributed by atoms with Crippen LogP contribution in [0.1, 0.15) is 11.3 Å². The minimum absolute atomic E-state index is 0.215. The summed E-state index contributed by atoms with van der Waals surface area (Å²) < 4.78 is 45.9. The molecule has 1 aromatic carbocycles. The molecule has 5 rings (SSSR count). The van der Waals surface area contributed by atoms with E-state index in [1.165, 1.54) is 6.33 Å². The monoisotopic (exact) mass is 512 g/mol. The number of nitrogen functional groups attached to an aromatic ring is 1. The minimum atomic E-state index is -4.54. The van der Waals surface area contributed by atoms with E-state index in [4.69, 9.17) is 10.5 Å². The molecule has 1 aliphatic rings. The fourth-order valence-electron chi connectivity index (χ4n) is 4.14. The quantitative estimate of drug-likeness (QED) is 0.371. The summed E-state index contributed by atoms with van der Waals surface area (Å²) >= 11 is 0. The van der Waals surface area contributed by atoms with E-state index >= 15 is 0 Å². The van der Waals surface area contributed by atoms with Gasteiger partial charge in [0.05, 0.1) is 24.5 Å². The van der Waals surface area contributed by atoms with Crippen molar-refractivity contribution >= 4 is 28.9 Å². The van der Waals surface area contributed by atoms with Crippen molar-refractivity contribution in [2.45, 2.75) is 12.7 Å². The number of alkyl halides is 3. The number of aromatic nitrogens is 4. The predicted octanol–water partition coefficient (Wildman–Crippen LogP) is 3.87. The van der Waals surface area contributed by atoms with Crippen molar-refractivity contribution in [3.8, 4) is 11.1 Å². The lowest BCUT2D eigenvalue weighted by molar-refractivity contribution is -0.137. The van der Waals surface area contributed by atoms with Crippen molar-refractivity contribution in [2.75, 3.05) is 42.7 Å². The van der Waals surface area contributed by atoms with Crippen molar-refractivity contribution in [3.05, 3.63) is 66.2 Å². The Morgan fingerprint density at radius 2 is 1.81 bits per heavy atom. The van der Waals surface area contributed by atoms with Gasteiger partial charge >= 0.3 is 12.2 Å². The molecule has 0 spiro atoms. The summed E-state index contributed by atoms with van der Waals surface area (Å²) in [6.45, 7) is 3.67. The van der Waals surface area contributed by atoms with Crippen LogP contribution in [0.2, 0.25) is 0 Å². The van der Waals surface area contributed by atoms with Crippen LogP contribution in [0.4, 0.5) is 35.3 Å². The molecule has 0 radical (unpaired) electrons. The molecule has 2 amide bonds. The number of fused-ring (bicyclic) bond motifs is 1. The van der Waals surface area contributed by atoms with Gasteiger partial charge in [-0.2, -0.15) is 18.3 Å². The van der Waals surface area contributed by atoms with Crippen LogP contribution in [0.5, 0.6) is 0 Å². The molecule has 0 aliphatic carbocycles. The van der Waals surface area contributed by atoms with E-state index in [2.05, 4.69) is 30.6 Å². The first kappa shape index (κ1) is 24.5. The van der Waals surface area contributed by atoms with Gasteiger partial charge in [-0.25, -0.2) is 19.3 Å². The van der Waals surface area contributed by atoms with Crippen LogP contribution in [0.25, 0.3) is 16.6 Å². The van der Waals surface area contributed by atoms with Gasteiger partial charge in [0.2, 0.25) is 0 Å². The average Bonchev–Trinajstić information content (AvgIpc) is 3.24. The van der Waals surface area contributed by atoms with E-state index < -0.39 is 17.8 Å². The van der Waals surface area contributed by atoms with Crippen LogP contribution in [0, 0.1) is 0 Å². The van der Waals surface area contributed by atoms with Gasteiger partial charge in [0.15, 0.2) is 5.82 Å². The number of pyridine rings is 1. The second kappa shape index (κ2) is 10.0. The number of nitrogens with zero attached hydrogens (tertiary/aromatic N) is 5. The highest BCUT2D eigenvalue weighted by atomic mass is 19.4. The summed E-state index contributed by atoms with van der Waals surface area (Å²) in [6.07, 6.45) is -2.14. The Morgan fingerprint density at radius 1 is 1.05 bits per heavy atom. The molecule has 1 aliphatic heterocycles. The number of ether oxygens (including phenoxy) is 1. The Balaban J connectivity index is 1.33. The lowest BCUT2D eigenvalue weighted by Crippen LogP contribution is -2.36. The van der Waals surface area contributed by atoms with Crippen molar-refractivity contribution in [3.63, 3.8) is 0 Å². The minimum Gasteiger partial charge on any atom is -0.382 e. The zero-order chi connectivity index (χ0) is 26.0. The fourth-order valence-corrected chi connectivity index (χ4v) is 4.14. The largest absolute Gasteiger partial charge is 0.416 e. The third-order valence-corrected chi connectivity index (χ3v) is 5.93. The van der Waals surface area contributed by atoms with E-state index in [9.17, 15) is 18.0 Å². The summed E-state index contributed by atoms with van der Waals surface area (Å²) in [6, 6.07) is 9.86. The summed E-state index contributed by atoms with van der Waals surface area (Å²) in [7, 11) is 0. The van der Waals surface area contributed by atoms with Crippen LogP contribution < -0.4 is 16.4 Å². The lowest BCUT2D eigenvalue weighted by Gasteiger charge is -2.26. The van der Waals surface area contributed by atoms with E-state index in [1.807, 2.05) is 6.07 Å². The molecule has 3 aromatic heterocycles. The molecular formula is C24H23F3N8O2. The summed E-state index contributed by atoms with van der Waals surface area (Å²) in [4.78, 5) is 22.5. The highest BCUT2D eigenvalue weighted by Gasteiger charge is 2.30. The number of hydrogen-bond donors (Lipinski definition) is 3. The normalized spacial score (nSPS) is 14.6. The Morgan fingerprint density at radius 3 is 2.54 bits per heavy atom. The predicted molar refractivity (Wildman–Crippen MR) is 131 cm³/mol. The number of hydrogen-bond acceptors (Lipinski definition) is 7. The molecule has 13 heteroatoms. The number of halogens is 3. The molecule has 10 nitrogen and oxygen atoms in total. The van der Waals surface area contributed by atoms with Crippen LogP contribution in [0.3, 0.4) is 0 Å². The molecule has 192 valence electrons. The van der Waals surface area contributed by atoms with Crippen LogP contribution in [-0.4, -0.2) is 56.8 Å². The van der Waals surface area contributed by atoms with Crippen molar-refractivity contribution in [2.24, 2.45) is 0 Å². The first-order valence-electron chi connectivity index (χ1n) is 11.4. The highest BCUT2D eigenvalue weighted by molar-refractivity contribution is 5.99. The summed E-state index contributed by atoms with van der Waals surface area (Å²) in [5.74, 6) is 0.126. The van der Waals surface area contributed by atoms with Gasteiger partial charge in [0.1, 0.15) is 17.7 Å². The number of nitrogens with one attached hydrogen (secondary N) is 2. The molecule has 4 aromatic rings. The van der Waals surface area contributed by atoms with Crippen molar-refractivity contribution < 1.29 is 22.7 Å². The summed E-state index contributed by atoms with van der Waals surface area (Å²) in [5.41, 5.74) is 9.04. The van der Waals surface area contributed by atoms with Crippen molar-refractivity contribution in [1.82, 2.24) is 24.5 Å². The molecule has 37 heavy (non-hydrogen) atoms.